The van der Waals surface area contributed by atoms with Crippen molar-refractivity contribution in [3.8, 4) is 0 Å². The number of anilines is 1. The van der Waals surface area contributed by atoms with E-state index in [4.69, 9.17) is 17.0 Å². The third-order valence-electron chi connectivity index (χ3n) is 10.3. The average molecular weight is 542 g/mol. The molecule has 1 aromatic rings. The summed E-state index contributed by atoms with van der Waals surface area (Å²) in [5, 5.41) is 13.6. The molecule has 0 radical (unpaired) electrons. The number of nitrogens with zero attached hydrogens (tertiary/aromatic N) is 3. The zero-order chi connectivity index (χ0) is 26.9. The summed E-state index contributed by atoms with van der Waals surface area (Å²) in [7, 11) is 4.30. The van der Waals surface area contributed by atoms with Gasteiger partial charge < -0.3 is 20.0 Å². The van der Waals surface area contributed by atoms with Crippen LogP contribution in [0.4, 0.5) is 5.69 Å². The molecule has 0 bridgehead atoms. The number of carbonyl (C=O) groups excluding carboxylic acids is 1. The first-order chi connectivity index (χ1) is 18.2. The summed E-state index contributed by atoms with van der Waals surface area (Å²) in [5.41, 5.74) is 2.50. The van der Waals surface area contributed by atoms with Gasteiger partial charge in [0.25, 0.3) is 0 Å². The Morgan fingerprint density at radius 3 is 2.34 bits per heavy atom. The fraction of sp³-hybridized carbons (Fsp3) is 0.742. The Balaban J connectivity index is 1.10. The van der Waals surface area contributed by atoms with Crippen molar-refractivity contribution < 1.29 is 4.79 Å². The normalized spacial score (nSPS) is 23.6. The highest BCUT2D eigenvalue weighted by molar-refractivity contribution is 6.31. The molecule has 1 amide bonds. The number of likely N-dealkylation sites (tertiary alicyclic amines) is 2. The molecule has 1 unspecified atom stereocenters. The number of carbonyl (C=O) groups is 1. The minimum absolute atomic E-state index is 0.231. The molecule has 4 fully saturated rings. The van der Waals surface area contributed by atoms with Crippen LogP contribution in [0, 0.1) is 29.6 Å². The molecule has 7 heteroatoms. The number of piperidine rings is 2. The molecule has 2 N–H and O–H groups in total. The first kappa shape index (κ1) is 27.8. The SMILES string of the molecule is Cc1ccc(NC(CC(=N)N2CCC3(CC2)CC(C(=O)N2CCC(N(C)C)CC2)C3)C2CCCC2)cc1Cl. The molecule has 1 atom stereocenters. The van der Waals surface area contributed by atoms with Crippen LogP contribution in [0.3, 0.4) is 0 Å². The third-order valence-corrected chi connectivity index (χ3v) is 10.7. The van der Waals surface area contributed by atoms with Crippen molar-refractivity contribution in [1.82, 2.24) is 14.7 Å². The van der Waals surface area contributed by atoms with Gasteiger partial charge in [-0.05, 0) is 101 Å². The molecule has 38 heavy (non-hydrogen) atoms. The van der Waals surface area contributed by atoms with E-state index < -0.39 is 0 Å². The second kappa shape index (κ2) is 11.8. The zero-order valence-corrected chi connectivity index (χ0v) is 24.5. The van der Waals surface area contributed by atoms with Crippen LogP contribution in [0.15, 0.2) is 18.2 Å². The highest BCUT2D eigenvalue weighted by Crippen LogP contribution is 2.53. The Bertz CT molecular complexity index is 982. The van der Waals surface area contributed by atoms with Gasteiger partial charge in [0, 0.05) is 61.3 Å². The lowest BCUT2D eigenvalue weighted by atomic mass is 9.57. The molecule has 1 spiro atoms. The maximum absolute atomic E-state index is 13.1. The van der Waals surface area contributed by atoms with Crippen LogP contribution in [-0.2, 0) is 4.79 Å². The molecule has 2 aliphatic heterocycles. The van der Waals surface area contributed by atoms with Gasteiger partial charge in [0.15, 0.2) is 0 Å². The van der Waals surface area contributed by atoms with Crippen molar-refractivity contribution in [1.29, 1.82) is 5.41 Å². The molecule has 2 aliphatic carbocycles. The number of hydrogen-bond donors (Lipinski definition) is 2. The second-order valence-corrected chi connectivity index (χ2v) is 13.4. The lowest BCUT2D eigenvalue weighted by molar-refractivity contribution is -0.147. The van der Waals surface area contributed by atoms with Crippen molar-refractivity contribution in [3.05, 3.63) is 28.8 Å². The number of nitrogens with one attached hydrogen (secondary N) is 2. The van der Waals surface area contributed by atoms with Crippen LogP contribution in [-0.4, -0.2) is 78.8 Å². The highest BCUT2D eigenvalue weighted by atomic mass is 35.5. The van der Waals surface area contributed by atoms with Gasteiger partial charge in [-0.3, -0.25) is 10.2 Å². The van der Waals surface area contributed by atoms with E-state index in [0.29, 0.717) is 23.3 Å². The Hall–Kier alpha value is -1.79. The van der Waals surface area contributed by atoms with Crippen LogP contribution in [0.1, 0.15) is 76.2 Å². The predicted octanol–water partition coefficient (Wildman–Crippen LogP) is 6.03. The Morgan fingerprint density at radius 2 is 1.74 bits per heavy atom. The Kier molecular flexibility index (Phi) is 8.59. The van der Waals surface area contributed by atoms with Crippen molar-refractivity contribution in [2.75, 3.05) is 45.6 Å². The van der Waals surface area contributed by atoms with E-state index in [2.05, 4.69) is 46.2 Å². The van der Waals surface area contributed by atoms with Gasteiger partial charge in [-0.15, -0.1) is 0 Å². The van der Waals surface area contributed by atoms with E-state index in [1.54, 1.807) is 0 Å². The molecule has 2 saturated carbocycles. The van der Waals surface area contributed by atoms with Crippen LogP contribution in [0.2, 0.25) is 5.02 Å². The summed E-state index contributed by atoms with van der Waals surface area (Å²) < 4.78 is 0. The first-order valence-corrected chi connectivity index (χ1v) is 15.4. The maximum atomic E-state index is 13.1. The van der Waals surface area contributed by atoms with Gasteiger partial charge in [-0.2, -0.15) is 0 Å². The number of amides is 1. The fourth-order valence-electron chi connectivity index (χ4n) is 7.61. The molecule has 4 aliphatic rings. The molecule has 5 rings (SSSR count). The summed E-state index contributed by atoms with van der Waals surface area (Å²) in [6.45, 7) is 5.79. The minimum atomic E-state index is 0.231. The van der Waals surface area contributed by atoms with Crippen LogP contribution in [0.25, 0.3) is 0 Å². The quantitative estimate of drug-likeness (QED) is 0.327. The van der Waals surface area contributed by atoms with Gasteiger partial charge in [-0.25, -0.2) is 0 Å². The number of rotatable bonds is 7. The van der Waals surface area contributed by atoms with E-state index in [1.807, 2.05) is 13.0 Å². The lowest BCUT2D eigenvalue weighted by Crippen LogP contribution is -2.54. The van der Waals surface area contributed by atoms with E-state index >= 15 is 0 Å². The van der Waals surface area contributed by atoms with Gasteiger partial charge in [0.05, 0.1) is 5.84 Å². The van der Waals surface area contributed by atoms with Gasteiger partial charge >= 0.3 is 0 Å². The topological polar surface area (TPSA) is 62.7 Å². The van der Waals surface area contributed by atoms with Gasteiger partial charge in [0.2, 0.25) is 5.91 Å². The Morgan fingerprint density at radius 1 is 1.08 bits per heavy atom. The molecule has 2 saturated heterocycles. The summed E-state index contributed by atoms with van der Waals surface area (Å²) in [4.78, 5) is 19.9. The van der Waals surface area contributed by atoms with Gasteiger partial charge in [-0.1, -0.05) is 30.5 Å². The van der Waals surface area contributed by atoms with Crippen molar-refractivity contribution in [3.63, 3.8) is 0 Å². The van der Waals surface area contributed by atoms with Crippen LogP contribution in [0.5, 0.6) is 0 Å². The fourth-order valence-corrected chi connectivity index (χ4v) is 7.79. The average Bonchev–Trinajstić information content (AvgIpc) is 3.44. The van der Waals surface area contributed by atoms with Crippen LogP contribution >= 0.6 is 11.6 Å². The van der Waals surface area contributed by atoms with Crippen molar-refractivity contribution >= 4 is 29.0 Å². The minimum Gasteiger partial charge on any atom is -0.382 e. The van der Waals surface area contributed by atoms with Crippen molar-refractivity contribution in [2.24, 2.45) is 17.3 Å². The molecular weight excluding hydrogens is 494 g/mol. The zero-order valence-electron chi connectivity index (χ0n) is 23.8. The van der Waals surface area contributed by atoms with Gasteiger partial charge in [0.1, 0.15) is 0 Å². The maximum Gasteiger partial charge on any atom is 0.225 e. The summed E-state index contributed by atoms with van der Waals surface area (Å²) >= 11 is 6.41. The molecular formula is C31H48ClN5O. The molecule has 1 aromatic carbocycles. The van der Waals surface area contributed by atoms with Crippen molar-refractivity contribution in [2.45, 2.75) is 89.6 Å². The summed E-state index contributed by atoms with van der Waals surface area (Å²) in [6, 6.07) is 7.13. The standard InChI is InChI=1S/C31H48ClN5O/c1-22-8-9-25(18-27(22)32)34-28(23-6-4-5-7-23)19-29(33)36-16-12-31(13-17-36)20-24(21-31)30(38)37-14-10-26(11-15-37)35(2)3/h8-9,18,23-24,26,28,33-34H,4-7,10-17,19-21H2,1-3H3. The number of benzene rings is 1. The Labute approximate surface area is 235 Å². The van der Waals surface area contributed by atoms with Crippen LogP contribution < -0.4 is 5.32 Å². The second-order valence-electron chi connectivity index (χ2n) is 13.0. The summed E-state index contributed by atoms with van der Waals surface area (Å²) in [5.74, 6) is 2.03. The number of halogens is 1. The monoisotopic (exact) mass is 541 g/mol. The largest absolute Gasteiger partial charge is 0.382 e. The smallest absolute Gasteiger partial charge is 0.225 e. The number of aryl methyl sites for hydroxylation is 1. The van der Waals surface area contributed by atoms with E-state index in [0.717, 1.165) is 93.2 Å². The third kappa shape index (κ3) is 6.17. The number of amidine groups is 1. The first-order valence-electron chi connectivity index (χ1n) is 15.0. The number of hydrogen-bond acceptors (Lipinski definition) is 4. The highest BCUT2D eigenvalue weighted by Gasteiger charge is 2.49. The van der Waals surface area contributed by atoms with E-state index in [1.165, 1.54) is 25.7 Å². The van der Waals surface area contributed by atoms with E-state index in [-0.39, 0.29) is 12.0 Å². The molecule has 2 heterocycles. The lowest BCUT2D eigenvalue weighted by Gasteiger charge is -2.53. The predicted molar refractivity (Wildman–Crippen MR) is 157 cm³/mol. The molecule has 210 valence electrons. The molecule has 6 nitrogen and oxygen atoms in total. The summed E-state index contributed by atoms with van der Waals surface area (Å²) in [6.07, 6.45) is 12.4. The molecule has 0 aromatic heterocycles. The van der Waals surface area contributed by atoms with E-state index in [9.17, 15) is 4.79 Å².